The molecule has 0 atom stereocenters. The summed E-state index contributed by atoms with van der Waals surface area (Å²) in [5.74, 6) is 2.71. The molecule has 0 aromatic heterocycles. The number of rotatable bonds is 62. The molecular formula is C69H132O3. The third-order valence-corrected chi connectivity index (χ3v) is 15.9. The normalized spacial score (nSPS) is 11.6. The fourth-order valence-corrected chi connectivity index (χ4v) is 11.0. The molecule has 3 heteroatoms. The van der Waals surface area contributed by atoms with E-state index in [9.17, 15) is 0 Å². The van der Waals surface area contributed by atoms with E-state index in [2.05, 4.69) is 39.8 Å². The van der Waals surface area contributed by atoms with Crippen LogP contribution < -0.4 is 14.2 Å². The molecular weight excluding hydrogens is 877 g/mol. The SMILES string of the molecule is CCCCCCCCCCCCCCCCCCCCOc1cc(CCC)cc(OCCCCCCCCCCCCCCCCCCCC)c1OCCCCCCCCCCCCCCCCCCCC. The van der Waals surface area contributed by atoms with Crippen LogP contribution in [0.3, 0.4) is 0 Å². The van der Waals surface area contributed by atoms with E-state index in [4.69, 9.17) is 14.2 Å². The van der Waals surface area contributed by atoms with Gasteiger partial charge in [-0.15, -0.1) is 0 Å². The second-order valence-electron chi connectivity index (χ2n) is 23.2. The Kier molecular flexibility index (Phi) is 56.1. The molecule has 0 radical (unpaired) electrons. The molecule has 72 heavy (non-hydrogen) atoms. The molecule has 0 saturated heterocycles. The van der Waals surface area contributed by atoms with E-state index >= 15 is 0 Å². The van der Waals surface area contributed by atoms with Crippen molar-refractivity contribution in [2.75, 3.05) is 19.8 Å². The average Bonchev–Trinajstić information content (AvgIpc) is 3.39. The molecule has 0 amide bonds. The van der Waals surface area contributed by atoms with Crippen molar-refractivity contribution >= 4 is 0 Å². The number of unbranched alkanes of at least 4 members (excludes halogenated alkanes) is 51. The third kappa shape index (κ3) is 48.3. The standard InChI is InChI=1S/C69H132O3/c1-5-9-12-15-18-21-24-27-30-33-36-39-42-45-48-51-54-57-61-70-67-64-66(60-8-4)65-68(71-62-58-55-52-49-46-43-40-37-34-31-28-25-22-19-16-13-10-6-2)69(67)72-63-59-56-53-50-47-44-41-38-35-32-29-26-23-20-17-14-11-7-3/h64-65H,5-63H2,1-4H3. The summed E-state index contributed by atoms with van der Waals surface area (Å²) in [4.78, 5) is 0. The van der Waals surface area contributed by atoms with Crippen molar-refractivity contribution in [2.24, 2.45) is 0 Å². The predicted octanol–water partition coefficient (Wildman–Crippen LogP) is 24.9. The lowest BCUT2D eigenvalue weighted by molar-refractivity contribution is 0.234. The molecule has 0 heterocycles. The summed E-state index contributed by atoms with van der Waals surface area (Å²) in [6, 6.07) is 4.54. The number of hydrogen-bond acceptors (Lipinski definition) is 3. The van der Waals surface area contributed by atoms with Crippen LogP contribution in [0.25, 0.3) is 0 Å². The van der Waals surface area contributed by atoms with Crippen LogP contribution in [0.1, 0.15) is 386 Å². The van der Waals surface area contributed by atoms with Gasteiger partial charge in [0.1, 0.15) is 0 Å². The van der Waals surface area contributed by atoms with Crippen LogP contribution >= 0.6 is 0 Å². The maximum atomic E-state index is 6.66. The van der Waals surface area contributed by atoms with E-state index in [0.29, 0.717) is 0 Å². The van der Waals surface area contributed by atoms with E-state index in [1.165, 1.54) is 333 Å². The summed E-state index contributed by atoms with van der Waals surface area (Å²) in [6.07, 6.45) is 77.7. The Bertz CT molecular complexity index is 1100. The monoisotopic (exact) mass is 1010 g/mol. The predicted molar refractivity (Wildman–Crippen MR) is 323 cm³/mol. The van der Waals surface area contributed by atoms with Gasteiger partial charge in [-0.2, -0.15) is 0 Å². The van der Waals surface area contributed by atoms with Crippen LogP contribution in [0.5, 0.6) is 17.2 Å². The zero-order chi connectivity index (χ0) is 51.6. The van der Waals surface area contributed by atoms with Crippen molar-refractivity contribution in [3.63, 3.8) is 0 Å². The van der Waals surface area contributed by atoms with Gasteiger partial charge in [0.25, 0.3) is 0 Å². The van der Waals surface area contributed by atoms with Crippen LogP contribution in [-0.4, -0.2) is 19.8 Å². The van der Waals surface area contributed by atoms with Crippen molar-refractivity contribution in [1.29, 1.82) is 0 Å². The Morgan fingerprint density at radius 1 is 0.208 bits per heavy atom. The van der Waals surface area contributed by atoms with Crippen molar-refractivity contribution in [2.45, 2.75) is 387 Å². The highest BCUT2D eigenvalue weighted by Gasteiger charge is 2.16. The van der Waals surface area contributed by atoms with Crippen molar-refractivity contribution in [3.05, 3.63) is 17.7 Å². The summed E-state index contributed by atoms with van der Waals surface area (Å²) >= 11 is 0. The highest BCUT2D eigenvalue weighted by Crippen LogP contribution is 2.40. The van der Waals surface area contributed by atoms with Gasteiger partial charge in [-0.05, 0) is 43.4 Å². The van der Waals surface area contributed by atoms with E-state index < -0.39 is 0 Å². The fraction of sp³-hybridized carbons (Fsp3) is 0.913. The molecule has 0 aliphatic heterocycles. The van der Waals surface area contributed by atoms with Crippen molar-refractivity contribution in [3.8, 4) is 17.2 Å². The quantitative estimate of drug-likeness (QED) is 0.0609. The Morgan fingerprint density at radius 2 is 0.389 bits per heavy atom. The van der Waals surface area contributed by atoms with E-state index in [1.54, 1.807) is 0 Å². The Balaban J connectivity index is 2.42. The Hall–Kier alpha value is -1.38. The van der Waals surface area contributed by atoms with Gasteiger partial charge in [-0.25, -0.2) is 0 Å². The lowest BCUT2D eigenvalue weighted by Gasteiger charge is -2.19. The van der Waals surface area contributed by atoms with Crippen LogP contribution in [0.2, 0.25) is 0 Å². The maximum absolute atomic E-state index is 6.66. The van der Waals surface area contributed by atoms with Gasteiger partial charge >= 0.3 is 0 Å². The van der Waals surface area contributed by atoms with E-state index in [0.717, 1.165) is 69.2 Å². The minimum atomic E-state index is 0.747. The molecule has 0 aliphatic carbocycles. The minimum absolute atomic E-state index is 0.747. The molecule has 0 bridgehead atoms. The Morgan fingerprint density at radius 3 is 0.583 bits per heavy atom. The largest absolute Gasteiger partial charge is 0.490 e. The molecule has 0 fully saturated rings. The van der Waals surface area contributed by atoms with Gasteiger partial charge in [0.15, 0.2) is 11.5 Å². The molecule has 1 rings (SSSR count). The van der Waals surface area contributed by atoms with Crippen molar-refractivity contribution in [1.82, 2.24) is 0 Å². The molecule has 1 aromatic carbocycles. The molecule has 3 nitrogen and oxygen atoms in total. The molecule has 426 valence electrons. The highest BCUT2D eigenvalue weighted by atomic mass is 16.5. The molecule has 0 N–H and O–H groups in total. The number of aryl methyl sites for hydroxylation is 1. The first-order chi connectivity index (χ1) is 35.8. The average molecular weight is 1010 g/mol. The number of benzene rings is 1. The molecule has 0 aliphatic rings. The maximum Gasteiger partial charge on any atom is 0.203 e. The van der Waals surface area contributed by atoms with Crippen LogP contribution in [0, 0.1) is 0 Å². The molecule has 0 saturated carbocycles. The zero-order valence-corrected chi connectivity index (χ0v) is 50.1. The first-order valence-corrected chi connectivity index (χ1v) is 33.8. The van der Waals surface area contributed by atoms with Crippen LogP contribution in [0.4, 0.5) is 0 Å². The summed E-state index contributed by atoms with van der Waals surface area (Å²) in [5, 5.41) is 0. The van der Waals surface area contributed by atoms with E-state index in [1.807, 2.05) is 0 Å². The first kappa shape index (κ1) is 68.6. The van der Waals surface area contributed by atoms with Gasteiger partial charge in [-0.3, -0.25) is 0 Å². The third-order valence-electron chi connectivity index (χ3n) is 15.9. The number of ether oxygens (including phenoxy) is 3. The molecule has 0 unspecified atom stereocenters. The van der Waals surface area contributed by atoms with Crippen LogP contribution in [-0.2, 0) is 6.42 Å². The molecule has 1 aromatic rings. The smallest absolute Gasteiger partial charge is 0.203 e. The van der Waals surface area contributed by atoms with Gasteiger partial charge in [-0.1, -0.05) is 362 Å². The van der Waals surface area contributed by atoms with Gasteiger partial charge in [0.2, 0.25) is 5.75 Å². The van der Waals surface area contributed by atoms with Crippen molar-refractivity contribution < 1.29 is 14.2 Å². The minimum Gasteiger partial charge on any atom is -0.490 e. The lowest BCUT2D eigenvalue weighted by atomic mass is 10.0. The zero-order valence-electron chi connectivity index (χ0n) is 50.1. The van der Waals surface area contributed by atoms with Gasteiger partial charge < -0.3 is 14.2 Å². The highest BCUT2D eigenvalue weighted by molar-refractivity contribution is 5.54. The molecule has 0 spiro atoms. The number of hydrogen-bond donors (Lipinski definition) is 0. The van der Waals surface area contributed by atoms with Gasteiger partial charge in [0.05, 0.1) is 19.8 Å². The topological polar surface area (TPSA) is 27.7 Å². The first-order valence-electron chi connectivity index (χ1n) is 33.8. The summed E-state index contributed by atoms with van der Waals surface area (Å²) < 4.78 is 19.9. The summed E-state index contributed by atoms with van der Waals surface area (Å²) in [6.45, 7) is 11.5. The summed E-state index contributed by atoms with van der Waals surface area (Å²) in [7, 11) is 0. The fourth-order valence-electron chi connectivity index (χ4n) is 11.0. The second-order valence-corrected chi connectivity index (χ2v) is 23.2. The lowest BCUT2D eigenvalue weighted by Crippen LogP contribution is -2.07. The Labute approximate surface area is 454 Å². The van der Waals surface area contributed by atoms with E-state index in [-0.39, 0.29) is 0 Å². The summed E-state index contributed by atoms with van der Waals surface area (Å²) in [5.41, 5.74) is 1.32. The van der Waals surface area contributed by atoms with Crippen LogP contribution in [0.15, 0.2) is 12.1 Å². The van der Waals surface area contributed by atoms with Gasteiger partial charge in [0, 0.05) is 0 Å². The second kappa shape index (κ2) is 58.9.